The number of amides is 1. The monoisotopic (exact) mass is 501 g/mol. The fourth-order valence-corrected chi connectivity index (χ4v) is 5.11. The molecule has 180 valence electrons. The van der Waals surface area contributed by atoms with E-state index in [0.717, 1.165) is 16.1 Å². The number of nitrogens with zero attached hydrogens (tertiary/aromatic N) is 1. The largest absolute Gasteiger partial charge is 0.325 e. The number of benzene rings is 3. The number of hydrogen-bond donors (Lipinski definition) is 2. The first-order valence-corrected chi connectivity index (χ1v) is 13.8. The van der Waals surface area contributed by atoms with Crippen molar-refractivity contribution in [2.75, 3.05) is 27.1 Å². The molecule has 0 aromatic heterocycles. The van der Waals surface area contributed by atoms with Crippen molar-refractivity contribution in [3.8, 4) is 0 Å². The number of rotatable bonds is 9. The molecule has 3 aromatic rings. The van der Waals surface area contributed by atoms with Crippen LogP contribution in [0.4, 0.5) is 17.1 Å². The molecule has 0 atom stereocenters. The van der Waals surface area contributed by atoms with E-state index in [4.69, 9.17) is 0 Å². The van der Waals surface area contributed by atoms with E-state index in [1.54, 1.807) is 42.5 Å². The SMILES string of the molecule is CC(C)c1ccc(N(CC(=O)Nc2ccc(S(=O)(=O)Nc3ccccc3)cc2)S(C)(=O)=O)cc1. The Hall–Kier alpha value is -3.37. The quantitative estimate of drug-likeness (QED) is 0.460. The summed E-state index contributed by atoms with van der Waals surface area (Å²) in [6.07, 6.45) is 1.04. The second-order valence-electron chi connectivity index (χ2n) is 8.06. The van der Waals surface area contributed by atoms with Crippen molar-refractivity contribution in [2.24, 2.45) is 0 Å². The molecule has 2 N–H and O–H groups in total. The maximum Gasteiger partial charge on any atom is 0.261 e. The van der Waals surface area contributed by atoms with Gasteiger partial charge in [-0.1, -0.05) is 44.2 Å². The van der Waals surface area contributed by atoms with Crippen LogP contribution in [0.2, 0.25) is 0 Å². The number of carbonyl (C=O) groups excluding carboxylic acids is 1. The van der Waals surface area contributed by atoms with Gasteiger partial charge in [0, 0.05) is 11.4 Å². The molecule has 0 spiro atoms. The van der Waals surface area contributed by atoms with Gasteiger partial charge in [-0.15, -0.1) is 0 Å². The van der Waals surface area contributed by atoms with Crippen molar-refractivity contribution in [3.63, 3.8) is 0 Å². The van der Waals surface area contributed by atoms with E-state index in [9.17, 15) is 21.6 Å². The predicted octanol–water partition coefficient (Wildman–Crippen LogP) is 4.02. The van der Waals surface area contributed by atoms with Crippen molar-refractivity contribution in [2.45, 2.75) is 24.7 Å². The van der Waals surface area contributed by atoms with Crippen LogP contribution in [0.25, 0.3) is 0 Å². The third kappa shape index (κ3) is 6.58. The van der Waals surface area contributed by atoms with Crippen LogP contribution in [0.15, 0.2) is 83.8 Å². The van der Waals surface area contributed by atoms with Gasteiger partial charge in [0.25, 0.3) is 10.0 Å². The van der Waals surface area contributed by atoms with Gasteiger partial charge in [-0.2, -0.15) is 0 Å². The Morgan fingerprint density at radius 3 is 1.94 bits per heavy atom. The summed E-state index contributed by atoms with van der Waals surface area (Å²) < 4.78 is 53.2. The predicted molar refractivity (Wildman–Crippen MR) is 135 cm³/mol. The van der Waals surface area contributed by atoms with E-state index in [2.05, 4.69) is 10.0 Å². The van der Waals surface area contributed by atoms with Gasteiger partial charge in [-0.05, 0) is 60.0 Å². The summed E-state index contributed by atoms with van der Waals surface area (Å²) in [7, 11) is -7.50. The first-order valence-electron chi connectivity index (χ1n) is 10.5. The van der Waals surface area contributed by atoms with Gasteiger partial charge in [0.2, 0.25) is 15.9 Å². The lowest BCUT2D eigenvalue weighted by atomic mass is 10.0. The normalized spacial score (nSPS) is 11.8. The summed E-state index contributed by atoms with van der Waals surface area (Å²) in [5.74, 6) is -0.268. The fourth-order valence-electron chi connectivity index (χ4n) is 3.19. The van der Waals surface area contributed by atoms with E-state index in [-0.39, 0.29) is 4.90 Å². The van der Waals surface area contributed by atoms with E-state index in [0.29, 0.717) is 23.0 Å². The molecule has 1 amide bonds. The fraction of sp³-hybridized carbons (Fsp3) is 0.208. The maximum atomic E-state index is 12.6. The highest BCUT2D eigenvalue weighted by atomic mass is 32.2. The molecule has 0 bridgehead atoms. The standard InChI is InChI=1S/C24H27N3O5S2/c1-18(2)19-9-13-22(14-10-19)27(33(3,29)30)17-24(28)25-20-11-15-23(16-12-20)34(31,32)26-21-7-5-4-6-8-21/h4-16,18,26H,17H2,1-3H3,(H,25,28). The summed E-state index contributed by atoms with van der Waals surface area (Å²) in [5, 5.41) is 2.61. The number of hydrogen-bond acceptors (Lipinski definition) is 5. The van der Waals surface area contributed by atoms with Crippen LogP contribution in [-0.2, 0) is 24.8 Å². The zero-order chi connectivity index (χ0) is 24.9. The molecule has 0 radical (unpaired) electrons. The third-order valence-corrected chi connectivity index (χ3v) is 7.55. The minimum Gasteiger partial charge on any atom is -0.325 e. The second-order valence-corrected chi connectivity index (χ2v) is 11.6. The molecule has 34 heavy (non-hydrogen) atoms. The third-order valence-electron chi connectivity index (χ3n) is 5.01. The van der Waals surface area contributed by atoms with Crippen molar-refractivity contribution >= 4 is 43.0 Å². The Bertz CT molecular complexity index is 1340. The summed E-state index contributed by atoms with van der Waals surface area (Å²) in [5.41, 5.74) is 2.21. The topological polar surface area (TPSA) is 113 Å². The Morgan fingerprint density at radius 2 is 1.41 bits per heavy atom. The summed E-state index contributed by atoms with van der Waals surface area (Å²) >= 11 is 0. The van der Waals surface area contributed by atoms with E-state index in [1.807, 2.05) is 26.0 Å². The van der Waals surface area contributed by atoms with Gasteiger partial charge in [0.15, 0.2) is 0 Å². The van der Waals surface area contributed by atoms with Crippen LogP contribution < -0.4 is 14.3 Å². The lowest BCUT2D eigenvalue weighted by molar-refractivity contribution is -0.114. The highest BCUT2D eigenvalue weighted by Gasteiger charge is 2.21. The smallest absolute Gasteiger partial charge is 0.261 e. The molecule has 0 unspecified atom stereocenters. The Kier molecular flexibility index (Phi) is 7.63. The van der Waals surface area contributed by atoms with E-state index >= 15 is 0 Å². The molecule has 0 saturated heterocycles. The van der Waals surface area contributed by atoms with E-state index < -0.39 is 32.5 Å². The highest BCUT2D eigenvalue weighted by Crippen LogP contribution is 2.22. The molecule has 0 aliphatic heterocycles. The number of sulfonamides is 2. The lowest BCUT2D eigenvalue weighted by Crippen LogP contribution is -2.37. The molecule has 8 nitrogen and oxygen atoms in total. The second kappa shape index (κ2) is 10.3. The molecule has 10 heteroatoms. The molecule has 0 fully saturated rings. The molecule has 0 saturated carbocycles. The van der Waals surface area contributed by atoms with Crippen LogP contribution in [-0.4, -0.2) is 35.5 Å². The van der Waals surface area contributed by atoms with Crippen LogP contribution in [0.5, 0.6) is 0 Å². The molecule has 3 rings (SSSR count). The van der Waals surface area contributed by atoms with Gasteiger partial charge < -0.3 is 5.32 Å². The molecular formula is C24H27N3O5S2. The van der Waals surface area contributed by atoms with Crippen LogP contribution in [0.3, 0.4) is 0 Å². The number of anilines is 3. The van der Waals surface area contributed by atoms with Crippen molar-refractivity contribution in [1.29, 1.82) is 0 Å². The molecule has 3 aromatic carbocycles. The average Bonchev–Trinajstić information content (AvgIpc) is 2.77. The first-order chi connectivity index (χ1) is 16.0. The summed E-state index contributed by atoms with van der Waals surface area (Å²) in [4.78, 5) is 12.6. The number of nitrogens with one attached hydrogen (secondary N) is 2. The van der Waals surface area contributed by atoms with Crippen molar-refractivity contribution in [1.82, 2.24) is 0 Å². The van der Waals surface area contributed by atoms with Crippen molar-refractivity contribution in [3.05, 3.63) is 84.4 Å². The highest BCUT2D eigenvalue weighted by molar-refractivity contribution is 7.92. The maximum absolute atomic E-state index is 12.6. The number of carbonyl (C=O) groups is 1. The van der Waals surface area contributed by atoms with Gasteiger partial charge in [-0.3, -0.25) is 13.8 Å². The minimum absolute atomic E-state index is 0.0253. The van der Waals surface area contributed by atoms with Gasteiger partial charge in [0.1, 0.15) is 6.54 Å². The first kappa shape index (κ1) is 25.3. The Balaban J connectivity index is 1.70. The van der Waals surface area contributed by atoms with E-state index in [1.165, 1.54) is 24.3 Å². The zero-order valence-corrected chi connectivity index (χ0v) is 20.7. The number of para-hydroxylation sites is 1. The average molecular weight is 502 g/mol. The molecular weight excluding hydrogens is 474 g/mol. The van der Waals surface area contributed by atoms with Gasteiger partial charge in [-0.25, -0.2) is 16.8 Å². The van der Waals surface area contributed by atoms with Crippen LogP contribution >= 0.6 is 0 Å². The Labute approximate surface area is 200 Å². The molecule has 0 heterocycles. The lowest BCUT2D eigenvalue weighted by Gasteiger charge is -2.22. The minimum atomic E-state index is -3.79. The van der Waals surface area contributed by atoms with Crippen LogP contribution in [0, 0.1) is 0 Å². The summed E-state index contributed by atoms with van der Waals surface area (Å²) in [6, 6.07) is 21.1. The molecule has 0 aliphatic rings. The zero-order valence-electron chi connectivity index (χ0n) is 19.1. The van der Waals surface area contributed by atoms with Crippen LogP contribution in [0.1, 0.15) is 25.3 Å². The molecule has 0 aliphatic carbocycles. The summed E-state index contributed by atoms with van der Waals surface area (Å²) in [6.45, 7) is 3.64. The Morgan fingerprint density at radius 1 is 0.824 bits per heavy atom. The van der Waals surface area contributed by atoms with Gasteiger partial charge in [0.05, 0.1) is 16.8 Å². The van der Waals surface area contributed by atoms with Crippen molar-refractivity contribution < 1.29 is 21.6 Å². The van der Waals surface area contributed by atoms with Gasteiger partial charge >= 0.3 is 0 Å².